The van der Waals surface area contributed by atoms with Crippen LogP contribution in [-0.4, -0.2) is 25.3 Å². The molecule has 22 heavy (non-hydrogen) atoms. The number of benzene rings is 2. The van der Waals surface area contributed by atoms with E-state index >= 15 is 0 Å². The fourth-order valence-corrected chi connectivity index (χ4v) is 1.86. The molecule has 0 saturated heterocycles. The average Bonchev–Trinajstić information content (AvgIpc) is 2.55. The molecule has 1 atom stereocenters. The molecule has 2 rings (SSSR count). The minimum Gasteiger partial charge on any atom is -0.466 e. The van der Waals surface area contributed by atoms with Gasteiger partial charge in [-0.05, 0) is 17.7 Å². The van der Waals surface area contributed by atoms with Gasteiger partial charge < -0.3 is 14.2 Å². The molecule has 0 spiro atoms. The summed E-state index contributed by atoms with van der Waals surface area (Å²) in [6, 6.07) is 17.7. The molecule has 0 aliphatic rings. The molecule has 0 unspecified atom stereocenters. The third-order valence-electron chi connectivity index (χ3n) is 2.91. The van der Waals surface area contributed by atoms with Gasteiger partial charge in [0.25, 0.3) is 0 Å². The SMILES string of the molecule is COC(=O)[C@H](Cc1ccccc1)OC(=O)Oc1ccccc1. The highest BCUT2D eigenvalue weighted by Crippen LogP contribution is 2.12. The maximum Gasteiger partial charge on any atom is 0.514 e. The Kier molecular flexibility index (Phi) is 5.54. The second-order valence-corrected chi connectivity index (χ2v) is 4.48. The predicted octanol–water partition coefficient (Wildman–Crippen LogP) is 2.99. The molecule has 0 fully saturated rings. The van der Waals surface area contributed by atoms with E-state index in [1.54, 1.807) is 30.3 Å². The Balaban J connectivity index is 2.00. The number of esters is 1. The summed E-state index contributed by atoms with van der Waals surface area (Å²) in [6.45, 7) is 0. The Morgan fingerprint density at radius 2 is 1.55 bits per heavy atom. The van der Waals surface area contributed by atoms with Crippen molar-refractivity contribution in [3.63, 3.8) is 0 Å². The van der Waals surface area contributed by atoms with Gasteiger partial charge in [-0.25, -0.2) is 9.59 Å². The fraction of sp³-hybridized carbons (Fsp3) is 0.176. The highest BCUT2D eigenvalue weighted by molar-refractivity contribution is 5.78. The maximum absolute atomic E-state index is 11.8. The predicted molar refractivity (Wildman–Crippen MR) is 79.5 cm³/mol. The van der Waals surface area contributed by atoms with Crippen molar-refractivity contribution < 1.29 is 23.8 Å². The van der Waals surface area contributed by atoms with Crippen LogP contribution in [0.2, 0.25) is 0 Å². The molecule has 0 aliphatic heterocycles. The van der Waals surface area contributed by atoms with Gasteiger partial charge in [0.2, 0.25) is 6.10 Å². The van der Waals surface area contributed by atoms with E-state index < -0.39 is 18.2 Å². The molecule has 5 nitrogen and oxygen atoms in total. The van der Waals surface area contributed by atoms with Crippen LogP contribution in [0.15, 0.2) is 60.7 Å². The third-order valence-corrected chi connectivity index (χ3v) is 2.91. The second kappa shape index (κ2) is 7.83. The number of hydrogen-bond acceptors (Lipinski definition) is 5. The van der Waals surface area contributed by atoms with Crippen LogP contribution in [0.5, 0.6) is 5.75 Å². The van der Waals surface area contributed by atoms with Crippen LogP contribution < -0.4 is 4.74 Å². The number of carbonyl (C=O) groups is 2. The Labute approximate surface area is 128 Å². The van der Waals surface area contributed by atoms with Crippen LogP contribution in [0.4, 0.5) is 4.79 Å². The molecule has 0 amide bonds. The number of ether oxygens (including phenoxy) is 3. The van der Waals surface area contributed by atoms with Gasteiger partial charge in [0, 0.05) is 6.42 Å². The second-order valence-electron chi connectivity index (χ2n) is 4.48. The lowest BCUT2D eigenvalue weighted by atomic mass is 10.1. The van der Waals surface area contributed by atoms with E-state index in [1.807, 2.05) is 30.3 Å². The normalized spacial score (nSPS) is 11.3. The van der Waals surface area contributed by atoms with E-state index in [0.717, 1.165) is 5.56 Å². The van der Waals surface area contributed by atoms with Crippen LogP contribution in [0.3, 0.4) is 0 Å². The minimum atomic E-state index is -1.05. The molecule has 0 bridgehead atoms. The first kappa shape index (κ1) is 15.6. The molecule has 0 aliphatic carbocycles. The first-order chi connectivity index (χ1) is 10.7. The van der Waals surface area contributed by atoms with Crippen LogP contribution >= 0.6 is 0 Å². The highest BCUT2D eigenvalue weighted by atomic mass is 16.7. The van der Waals surface area contributed by atoms with Gasteiger partial charge in [-0.15, -0.1) is 0 Å². The zero-order chi connectivity index (χ0) is 15.8. The molecule has 2 aromatic rings. The lowest BCUT2D eigenvalue weighted by Gasteiger charge is -2.15. The first-order valence-electron chi connectivity index (χ1n) is 6.74. The summed E-state index contributed by atoms with van der Waals surface area (Å²) in [6.07, 6.45) is -1.78. The zero-order valence-electron chi connectivity index (χ0n) is 12.1. The Hall–Kier alpha value is -2.82. The van der Waals surface area contributed by atoms with E-state index in [0.29, 0.717) is 5.75 Å². The molecule has 0 radical (unpaired) electrons. The van der Waals surface area contributed by atoms with Crippen molar-refractivity contribution in [3.8, 4) is 5.75 Å². The average molecular weight is 300 g/mol. The van der Waals surface area contributed by atoms with Crippen molar-refractivity contribution in [2.24, 2.45) is 0 Å². The largest absolute Gasteiger partial charge is 0.514 e. The summed E-state index contributed by atoms with van der Waals surface area (Å²) in [5.41, 5.74) is 0.852. The monoisotopic (exact) mass is 300 g/mol. The number of para-hydroxylation sites is 1. The van der Waals surface area contributed by atoms with Crippen molar-refractivity contribution in [1.82, 2.24) is 0 Å². The highest BCUT2D eigenvalue weighted by Gasteiger charge is 2.25. The van der Waals surface area contributed by atoms with Crippen LogP contribution in [-0.2, 0) is 20.7 Å². The molecule has 0 aromatic heterocycles. The summed E-state index contributed by atoms with van der Waals surface area (Å²) in [4.78, 5) is 23.5. The van der Waals surface area contributed by atoms with Crippen molar-refractivity contribution in [2.75, 3.05) is 7.11 Å². The van der Waals surface area contributed by atoms with Crippen molar-refractivity contribution in [2.45, 2.75) is 12.5 Å². The Morgan fingerprint density at radius 1 is 0.955 bits per heavy atom. The molecular formula is C17H16O5. The zero-order valence-corrected chi connectivity index (χ0v) is 12.1. The van der Waals surface area contributed by atoms with Crippen molar-refractivity contribution in [3.05, 3.63) is 66.2 Å². The van der Waals surface area contributed by atoms with E-state index in [-0.39, 0.29) is 6.42 Å². The molecule has 0 saturated carbocycles. The summed E-state index contributed by atoms with van der Waals surface area (Å²) in [5, 5.41) is 0. The standard InChI is InChI=1S/C17H16O5/c1-20-16(18)15(12-13-8-4-2-5-9-13)22-17(19)21-14-10-6-3-7-11-14/h2-11,15H,12H2,1H3/t15-/m0/s1. The summed E-state index contributed by atoms with van der Waals surface area (Å²) in [7, 11) is 1.24. The van der Waals surface area contributed by atoms with Crippen molar-refractivity contribution in [1.29, 1.82) is 0 Å². The number of carbonyl (C=O) groups excluding carboxylic acids is 2. The molecule has 5 heteroatoms. The van der Waals surface area contributed by atoms with Gasteiger partial charge in [-0.3, -0.25) is 0 Å². The smallest absolute Gasteiger partial charge is 0.466 e. The molecule has 2 aromatic carbocycles. The van der Waals surface area contributed by atoms with E-state index in [4.69, 9.17) is 9.47 Å². The number of hydrogen-bond donors (Lipinski definition) is 0. The van der Waals surface area contributed by atoms with Gasteiger partial charge in [-0.2, -0.15) is 0 Å². The first-order valence-corrected chi connectivity index (χ1v) is 6.74. The maximum atomic E-state index is 11.8. The van der Waals surface area contributed by atoms with Crippen LogP contribution in [0, 0.1) is 0 Å². The van der Waals surface area contributed by atoms with Crippen LogP contribution in [0.25, 0.3) is 0 Å². The lowest BCUT2D eigenvalue weighted by Crippen LogP contribution is -2.31. The Morgan fingerprint density at radius 3 is 2.14 bits per heavy atom. The number of rotatable bonds is 5. The molecular weight excluding hydrogens is 284 g/mol. The van der Waals surface area contributed by atoms with Gasteiger partial charge in [0.05, 0.1) is 7.11 Å². The van der Waals surface area contributed by atoms with Gasteiger partial charge in [0.1, 0.15) is 5.75 Å². The summed E-state index contributed by atoms with van der Waals surface area (Å²) >= 11 is 0. The minimum absolute atomic E-state index is 0.220. The molecule has 0 N–H and O–H groups in total. The van der Waals surface area contributed by atoms with E-state index in [1.165, 1.54) is 7.11 Å². The number of methoxy groups -OCH3 is 1. The molecule has 114 valence electrons. The Bertz CT molecular complexity index is 609. The fourth-order valence-electron chi connectivity index (χ4n) is 1.86. The van der Waals surface area contributed by atoms with E-state index in [2.05, 4.69) is 4.74 Å². The van der Waals surface area contributed by atoms with Gasteiger partial charge in [0.15, 0.2) is 0 Å². The van der Waals surface area contributed by atoms with Crippen molar-refractivity contribution >= 4 is 12.1 Å². The summed E-state index contributed by atoms with van der Waals surface area (Å²) in [5.74, 6) is -0.287. The lowest BCUT2D eigenvalue weighted by molar-refractivity contribution is -0.151. The van der Waals surface area contributed by atoms with Gasteiger partial charge in [-0.1, -0.05) is 48.5 Å². The topological polar surface area (TPSA) is 61.8 Å². The van der Waals surface area contributed by atoms with Gasteiger partial charge >= 0.3 is 12.1 Å². The van der Waals surface area contributed by atoms with Crippen LogP contribution in [0.1, 0.15) is 5.56 Å². The van der Waals surface area contributed by atoms with E-state index in [9.17, 15) is 9.59 Å². The third kappa shape index (κ3) is 4.63. The quantitative estimate of drug-likeness (QED) is 0.627. The molecule has 0 heterocycles. The summed E-state index contributed by atoms with van der Waals surface area (Å²) < 4.78 is 14.7.